The first-order chi connectivity index (χ1) is 11.8. The van der Waals surface area contributed by atoms with Crippen molar-refractivity contribution in [2.45, 2.75) is 6.54 Å². The van der Waals surface area contributed by atoms with Gasteiger partial charge in [0.15, 0.2) is 6.61 Å². The molecule has 0 bridgehead atoms. The van der Waals surface area contributed by atoms with Gasteiger partial charge in [-0.1, -0.05) is 30.3 Å². The van der Waals surface area contributed by atoms with Crippen LogP contribution in [0.5, 0.6) is 5.75 Å². The molecular weight excluding hydrogens is 304 g/mol. The summed E-state index contributed by atoms with van der Waals surface area (Å²) in [5.41, 5.74) is 2.26. The Kier molecular flexibility index (Phi) is 5.69. The van der Waals surface area contributed by atoms with Crippen molar-refractivity contribution < 1.29 is 14.3 Å². The number of ether oxygens (including phenoxy) is 2. The van der Waals surface area contributed by atoms with E-state index in [9.17, 15) is 4.79 Å². The molecule has 0 aliphatic carbocycles. The van der Waals surface area contributed by atoms with Crippen molar-refractivity contribution >= 4 is 11.6 Å². The molecule has 1 amide bonds. The van der Waals surface area contributed by atoms with E-state index in [1.54, 1.807) is 0 Å². The lowest BCUT2D eigenvalue weighted by molar-refractivity contribution is -0.123. The zero-order valence-electron chi connectivity index (χ0n) is 13.6. The number of para-hydroxylation sites is 1. The Morgan fingerprint density at radius 1 is 1.04 bits per heavy atom. The minimum atomic E-state index is -0.129. The van der Waals surface area contributed by atoms with Crippen molar-refractivity contribution in [3.8, 4) is 5.75 Å². The average Bonchev–Trinajstić information content (AvgIpc) is 2.67. The van der Waals surface area contributed by atoms with Gasteiger partial charge >= 0.3 is 0 Å². The molecule has 3 rings (SSSR count). The molecule has 1 N–H and O–H groups in total. The second-order valence-electron chi connectivity index (χ2n) is 5.64. The number of nitrogens with zero attached hydrogens (tertiary/aromatic N) is 1. The van der Waals surface area contributed by atoms with E-state index in [2.05, 4.69) is 22.3 Å². The fourth-order valence-corrected chi connectivity index (χ4v) is 2.56. The van der Waals surface area contributed by atoms with Gasteiger partial charge in [0.1, 0.15) is 5.75 Å². The Hall–Kier alpha value is -2.53. The van der Waals surface area contributed by atoms with Gasteiger partial charge in [0, 0.05) is 25.3 Å². The highest BCUT2D eigenvalue weighted by Gasteiger charge is 2.10. The van der Waals surface area contributed by atoms with Crippen LogP contribution in [0.2, 0.25) is 0 Å². The molecule has 1 fully saturated rings. The summed E-state index contributed by atoms with van der Waals surface area (Å²) in [4.78, 5) is 14.2. The van der Waals surface area contributed by atoms with Crippen LogP contribution in [0.15, 0.2) is 54.6 Å². The minimum Gasteiger partial charge on any atom is -0.484 e. The third kappa shape index (κ3) is 4.73. The summed E-state index contributed by atoms with van der Waals surface area (Å²) in [6.45, 7) is 3.93. The van der Waals surface area contributed by atoms with Crippen LogP contribution in [-0.2, 0) is 16.1 Å². The maximum absolute atomic E-state index is 11.8. The lowest BCUT2D eigenvalue weighted by Gasteiger charge is -2.28. The van der Waals surface area contributed by atoms with Crippen LogP contribution in [0.1, 0.15) is 5.56 Å². The Labute approximate surface area is 142 Å². The molecule has 126 valence electrons. The van der Waals surface area contributed by atoms with Gasteiger partial charge in [-0.2, -0.15) is 0 Å². The fourth-order valence-electron chi connectivity index (χ4n) is 2.56. The van der Waals surface area contributed by atoms with E-state index in [0.717, 1.165) is 31.9 Å². The van der Waals surface area contributed by atoms with Gasteiger partial charge in [0.05, 0.1) is 13.2 Å². The van der Waals surface area contributed by atoms with Crippen molar-refractivity contribution in [2.24, 2.45) is 0 Å². The highest BCUT2D eigenvalue weighted by atomic mass is 16.5. The van der Waals surface area contributed by atoms with Crippen LogP contribution >= 0.6 is 0 Å². The molecule has 0 spiro atoms. The Morgan fingerprint density at radius 2 is 1.75 bits per heavy atom. The second-order valence-corrected chi connectivity index (χ2v) is 5.64. The second kappa shape index (κ2) is 8.36. The summed E-state index contributed by atoms with van der Waals surface area (Å²) in [5.74, 6) is 0.568. The average molecular weight is 326 g/mol. The number of amides is 1. The van der Waals surface area contributed by atoms with Crippen molar-refractivity contribution in [3.05, 3.63) is 60.2 Å². The highest BCUT2D eigenvalue weighted by Crippen LogP contribution is 2.16. The SMILES string of the molecule is O=C(COc1ccccc1)NCc1ccc(N2CCOCC2)cc1. The molecule has 1 aliphatic rings. The topological polar surface area (TPSA) is 50.8 Å². The molecule has 0 aromatic heterocycles. The minimum absolute atomic E-state index is 0.0237. The van der Waals surface area contributed by atoms with Crippen molar-refractivity contribution in [3.63, 3.8) is 0 Å². The number of benzene rings is 2. The van der Waals surface area contributed by atoms with E-state index >= 15 is 0 Å². The predicted octanol–water partition coefficient (Wildman–Crippen LogP) is 2.22. The normalized spacial score (nSPS) is 14.2. The molecule has 0 radical (unpaired) electrons. The standard InChI is InChI=1S/C19H22N2O3/c22-19(15-24-18-4-2-1-3-5-18)20-14-16-6-8-17(9-7-16)21-10-12-23-13-11-21/h1-9H,10-15H2,(H,20,22). The first-order valence-electron chi connectivity index (χ1n) is 8.17. The summed E-state index contributed by atoms with van der Waals surface area (Å²) in [7, 11) is 0. The molecule has 0 saturated carbocycles. The number of anilines is 1. The summed E-state index contributed by atoms with van der Waals surface area (Å²) >= 11 is 0. The van der Waals surface area contributed by atoms with Crippen LogP contribution in [0.3, 0.4) is 0 Å². The van der Waals surface area contributed by atoms with E-state index in [1.165, 1.54) is 5.69 Å². The monoisotopic (exact) mass is 326 g/mol. The summed E-state index contributed by atoms with van der Waals surface area (Å²) in [6.07, 6.45) is 0. The van der Waals surface area contributed by atoms with E-state index in [-0.39, 0.29) is 12.5 Å². The van der Waals surface area contributed by atoms with Gasteiger partial charge in [-0.25, -0.2) is 0 Å². The van der Waals surface area contributed by atoms with Crippen molar-refractivity contribution in [1.29, 1.82) is 0 Å². The Balaban J connectivity index is 1.43. The molecule has 1 heterocycles. The molecule has 1 aliphatic heterocycles. The summed E-state index contributed by atoms with van der Waals surface area (Å²) in [6, 6.07) is 17.6. The van der Waals surface area contributed by atoms with E-state index in [1.807, 2.05) is 42.5 Å². The molecule has 0 atom stereocenters. The molecule has 0 unspecified atom stereocenters. The highest BCUT2D eigenvalue weighted by molar-refractivity contribution is 5.77. The van der Waals surface area contributed by atoms with Crippen LogP contribution in [0, 0.1) is 0 Å². The van der Waals surface area contributed by atoms with Gasteiger partial charge < -0.3 is 19.7 Å². The van der Waals surface area contributed by atoms with Crippen LogP contribution < -0.4 is 15.0 Å². The summed E-state index contributed by atoms with van der Waals surface area (Å²) < 4.78 is 10.8. The lowest BCUT2D eigenvalue weighted by Crippen LogP contribution is -2.36. The first-order valence-corrected chi connectivity index (χ1v) is 8.17. The lowest BCUT2D eigenvalue weighted by atomic mass is 10.2. The van der Waals surface area contributed by atoms with Gasteiger partial charge in [-0.05, 0) is 29.8 Å². The zero-order valence-corrected chi connectivity index (χ0v) is 13.6. The number of hydrogen-bond acceptors (Lipinski definition) is 4. The largest absolute Gasteiger partial charge is 0.484 e. The number of rotatable bonds is 6. The molecular formula is C19H22N2O3. The molecule has 1 saturated heterocycles. The van der Waals surface area contributed by atoms with E-state index in [0.29, 0.717) is 12.3 Å². The Bertz CT molecular complexity index is 637. The third-order valence-corrected chi connectivity index (χ3v) is 3.92. The predicted molar refractivity (Wildman–Crippen MR) is 93.3 cm³/mol. The number of carbonyl (C=O) groups excluding carboxylic acids is 1. The molecule has 2 aromatic rings. The number of carbonyl (C=O) groups is 1. The maximum Gasteiger partial charge on any atom is 0.258 e. The van der Waals surface area contributed by atoms with Gasteiger partial charge in [0.2, 0.25) is 0 Å². The van der Waals surface area contributed by atoms with Crippen molar-refractivity contribution in [1.82, 2.24) is 5.32 Å². The van der Waals surface area contributed by atoms with Gasteiger partial charge in [-0.15, -0.1) is 0 Å². The molecule has 24 heavy (non-hydrogen) atoms. The third-order valence-electron chi connectivity index (χ3n) is 3.92. The molecule has 5 nitrogen and oxygen atoms in total. The quantitative estimate of drug-likeness (QED) is 0.884. The smallest absolute Gasteiger partial charge is 0.258 e. The van der Waals surface area contributed by atoms with E-state index < -0.39 is 0 Å². The molecule has 2 aromatic carbocycles. The Morgan fingerprint density at radius 3 is 2.46 bits per heavy atom. The number of nitrogens with one attached hydrogen (secondary N) is 1. The van der Waals surface area contributed by atoms with Gasteiger partial charge in [-0.3, -0.25) is 4.79 Å². The first kappa shape index (κ1) is 16.3. The maximum atomic E-state index is 11.8. The number of hydrogen-bond donors (Lipinski definition) is 1. The fraction of sp³-hybridized carbons (Fsp3) is 0.316. The van der Waals surface area contributed by atoms with Crippen LogP contribution in [-0.4, -0.2) is 38.8 Å². The van der Waals surface area contributed by atoms with Gasteiger partial charge in [0.25, 0.3) is 5.91 Å². The summed E-state index contributed by atoms with van der Waals surface area (Å²) in [5, 5.41) is 2.87. The van der Waals surface area contributed by atoms with E-state index in [4.69, 9.17) is 9.47 Å². The number of morpholine rings is 1. The van der Waals surface area contributed by atoms with Crippen LogP contribution in [0.4, 0.5) is 5.69 Å². The van der Waals surface area contributed by atoms with Crippen molar-refractivity contribution in [2.75, 3.05) is 37.8 Å². The zero-order chi connectivity index (χ0) is 16.6. The molecule has 5 heteroatoms. The van der Waals surface area contributed by atoms with Crippen LogP contribution in [0.25, 0.3) is 0 Å².